The van der Waals surface area contributed by atoms with Gasteiger partial charge < -0.3 is 20.1 Å². The first kappa shape index (κ1) is 15.3. The summed E-state index contributed by atoms with van der Waals surface area (Å²) in [7, 11) is 0. The van der Waals surface area contributed by atoms with Crippen molar-refractivity contribution in [3.63, 3.8) is 0 Å². The molecule has 20 heavy (non-hydrogen) atoms. The van der Waals surface area contributed by atoms with Crippen LogP contribution in [-0.2, 0) is 14.3 Å². The second kappa shape index (κ2) is 6.54. The van der Waals surface area contributed by atoms with Gasteiger partial charge in [0.25, 0.3) is 0 Å². The molecule has 2 aliphatic heterocycles. The van der Waals surface area contributed by atoms with Crippen molar-refractivity contribution in [1.29, 1.82) is 0 Å². The number of aliphatic carboxylic acids is 1. The standard InChI is InChI=1S/C14H24N2O4/c1-2-3-14(13(18)19)4-7-16(8-5-14)12(17)11-10-20-9-6-15-11/h11,15H,2-10H2,1H3,(H,18,19). The molecule has 0 radical (unpaired) electrons. The fraction of sp³-hybridized carbons (Fsp3) is 0.857. The number of amides is 1. The van der Waals surface area contributed by atoms with Crippen LogP contribution in [0.25, 0.3) is 0 Å². The van der Waals surface area contributed by atoms with Gasteiger partial charge in [-0.3, -0.25) is 9.59 Å². The van der Waals surface area contributed by atoms with Crippen LogP contribution < -0.4 is 5.32 Å². The van der Waals surface area contributed by atoms with Gasteiger partial charge in [-0.1, -0.05) is 13.3 Å². The van der Waals surface area contributed by atoms with Gasteiger partial charge >= 0.3 is 5.97 Å². The van der Waals surface area contributed by atoms with E-state index in [4.69, 9.17) is 4.74 Å². The van der Waals surface area contributed by atoms with E-state index in [2.05, 4.69) is 5.32 Å². The number of nitrogens with zero attached hydrogens (tertiary/aromatic N) is 1. The molecule has 0 aliphatic carbocycles. The number of carbonyl (C=O) groups is 2. The summed E-state index contributed by atoms with van der Waals surface area (Å²) in [5, 5.41) is 12.6. The van der Waals surface area contributed by atoms with E-state index in [-0.39, 0.29) is 11.9 Å². The summed E-state index contributed by atoms with van der Waals surface area (Å²) in [6.45, 7) is 4.81. The SMILES string of the molecule is CCCC1(C(=O)O)CCN(C(=O)C2COCCN2)CC1. The molecule has 114 valence electrons. The summed E-state index contributed by atoms with van der Waals surface area (Å²) in [5.41, 5.74) is -0.637. The molecule has 1 amide bonds. The quantitative estimate of drug-likeness (QED) is 0.784. The summed E-state index contributed by atoms with van der Waals surface area (Å²) < 4.78 is 5.31. The molecule has 2 heterocycles. The fourth-order valence-electron chi connectivity index (χ4n) is 3.15. The van der Waals surface area contributed by atoms with Gasteiger partial charge in [-0.25, -0.2) is 0 Å². The third kappa shape index (κ3) is 3.12. The average molecular weight is 284 g/mol. The first-order valence-electron chi connectivity index (χ1n) is 7.42. The number of carbonyl (C=O) groups excluding carboxylic acids is 1. The number of piperidine rings is 1. The van der Waals surface area contributed by atoms with Gasteiger partial charge in [-0.2, -0.15) is 0 Å². The van der Waals surface area contributed by atoms with Crippen molar-refractivity contribution in [2.75, 3.05) is 32.8 Å². The van der Waals surface area contributed by atoms with Crippen molar-refractivity contribution in [3.05, 3.63) is 0 Å². The van der Waals surface area contributed by atoms with Crippen LogP contribution in [0, 0.1) is 5.41 Å². The molecule has 2 saturated heterocycles. The van der Waals surface area contributed by atoms with Gasteiger partial charge in [0, 0.05) is 19.6 Å². The minimum absolute atomic E-state index is 0.0418. The normalized spacial score (nSPS) is 26.2. The Hall–Kier alpha value is -1.14. The average Bonchev–Trinajstić information content (AvgIpc) is 2.48. The van der Waals surface area contributed by atoms with Crippen LogP contribution in [0.3, 0.4) is 0 Å². The predicted molar refractivity (Wildman–Crippen MR) is 73.4 cm³/mol. The number of likely N-dealkylation sites (tertiary alicyclic amines) is 1. The molecule has 1 unspecified atom stereocenters. The lowest BCUT2D eigenvalue weighted by molar-refractivity contribution is -0.155. The highest BCUT2D eigenvalue weighted by molar-refractivity contribution is 5.83. The number of hydrogen-bond acceptors (Lipinski definition) is 4. The molecule has 0 aromatic heterocycles. The van der Waals surface area contributed by atoms with E-state index in [0.29, 0.717) is 52.1 Å². The number of carboxylic acid groups (broad SMARTS) is 1. The lowest BCUT2D eigenvalue weighted by atomic mass is 9.75. The third-order valence-corrected chi connectivity index (χ3v) is 4.43. The lowest BCUT2D eigenvalue weighted by Gasteiger charge is -2.40. The maximum absolute atomic E-state index is 12.3. The summed E-state index contributed by atoms with van der Waals surface area (Å²) in [5.74, 6) is -0.675. The largest absolute Gasteiger partial charge is 0.481 e. The highest BCUT2D eigenvalue weighted by Gasteiger charge is 2.42. The van der Waals surface area contributed by atoms with E-state index in [1.807, 2.05) is 6.92 Å². The third-order valence-electron chi connectivity index (χ3n) is 4.43. The van der Waals surface area contributed by atoms with Crippen molar-refractivity contribution in [3.8, 4) is 0 Å². The molecule has 2 fully saturated rings. The molecule has 0 bridgehead atoms. The van der Waals surface area contributed by atoms with Gasteiger partial charge in [-0.05, 0) is 19.3 Å². The monoisotopic (exact) mass is 284 g/mol. The maximum Gasteiger partial charge on any atom is 0.309 e. The molecule has 6 nitrogen and oxygen atoms in total. The number of ether oxygens (including phenoxy) is 1. The number of nitrogens with one attached hydrogen (secondary N) is 1. The van der Waals surface area contributed by atoms with Crippen LogP contribution in [0.15, 0.2) is 0 Å². The Labute approximate surface area is 119 Å². The van der Waals surface area contributed by atoms with E-state index in [1.54, 1.807) is 4.90 Å². The molecule has 2 rings (SSSR count). The van der Waals surface area contributed by atoms with Gasteiger partial charge in [0.05, 0.1) is 18.6 Å². The Morgan fingerprint density at radius 2 is 2.10 bits per heavy atom. The Morgan fingerprint density at radius 1 is 1.40 bits per heavy atom. The summed E-state index contributed by atoms with van der Waals surface area (Å²) in [6, 6.07) is -0.271. The first-order chi connectivity index (χ1) is 9.59. The highest BCUT2D eigenvalue weighted by Crippen LogP contribution is 2.36. The van der Waals surface area contributed by atoms with Crippen LogP contribution >= 0.6 is 0 Å². The smallest absolute Gasteiger partial charge is 0.309 e. The molecule has 0 saturated carbocycles. The predicted octanol–water partition coefficient (Wildman–Crippen LogP) is 0.468. The Morgan fingerprint density at radius 3 is 2.60 bits per heavy atom. The van der Waals surface area contributed by atoms with Crippen molar-refractivity contribution in [2.45, 2.75) is 38.6 Å². The second-order valence-corrected chi connectivity index (χ2v) is 5.74. The molecule has 0 spiro atoms. The molecule has 2 aliphatic rings. The zero-order valence-electron chi connectivity index (χ0n) is 12.1. The number of morpholine rings is 1. The molecule has 2 N–H and O–H groups in total. The van der Waals surface area contributed by atoms with Crippen LogP contribution in [0.1, 0.15) is 32.6 Å². The Bertz CT molecular complexity index is 358. The molecule has 0 aromatic carbocycles. The fourth-order valence-corrected chi connectivity index (χ4v) is 3.15. The number of hydrogen-bond donors (Lipinski definition) is 2. The molecule has 6 heteroatoms. The maximum atomic E-state index is 12.3. The van der Waals surface area contributed by atoms with Gasteiger partial charge in [-0.15, -0.1) is 0 Å². The number of carboxylic acids is 1. The minimum atomic E-state index is -0.717. The van der Waals surface area contributed by atoms with Crippen molar-refractivity contribution in [1.82, 2.24) is 10.2 Å². The van der Waals surface area contributed by atoms with Gasteiger partial charge in [0.15, 0.2) is 0 Å². The van der Waals surface area contributed by atoms with Crippen molar-refractivity contribution in [2.24, 2.45) is 5.41 Å². The van der Waals surface area contributed by atoms with E-state index in [1.165, 1.54) is 0 Å². The van der Waals surface area contributed by atoms with Crippen molar-refractivity contribution < 1.29 is 19.4 Å². The van der Waals surface area contributed by atoms with Crippen LogP contribution in [0.5, 0.6) is 0 Å². The van der Waals surface area contributed by atoms with E-state index in [9.17, 15) is 14.7 Å². The van der Waals surface area contributed by atoms with Crippen LogP contribution in [0.4, 0.5) is 0 Å². The summed E-state index contributed by atoms with van der Waals surface area (Å²) in [6.07, 6.45) is 2.65. The second-order valence-electron chi connectivity index (χ2n) is 5.74. The highest BCUT2D eigenvalue weighted by atomic mass is 16.5. The zero-order valence-corrected chi connectivity index (χ0v) is 12.1. The van der Waals surface area contributed by atoms with E-state index < -0.39 is 11.4 Å². The van der Waals surface area contributed by atoms with Gasteiger partial charge in [0.2, 0.25) is 5.91 Å². The molecule has 1 atom stereocenters. The zero-order chi connectivity index (χ0) is 14.6. The molecule has 0 aromatic rings. The summed E-state index contributed by atoms with van der Waals surface area (Å²) >= 11 is 0. The summed E-state index contributed by atoms with van der Waals surface area (Å²) in [4.78, 5) is 25.6. The molecular weight excluding hydrogens is 260 g/mol. The Kier molecular flexibility index (Phi) is 4.99. The topological polar surface area (TPSA) is 78.9 Å². The van der Waals surface area contributed by atoms with Gasteiger partial charge in [0.1, 0.15) is 6.04 Å². The van der Waals surface area contributed by atoms with Crippen molar-refractivity contribution >= 4 is 11.9 Å². The molecular formula is C14H24N2O4. The van der Waals surface area contributed by atoms with E-state index in [0.717, 1.165) is 6.42 Å². The lowest BCUT2D eigenvalue weighted by Crippen LogP contribution is -2.55. The Balaban J connectivity index is 1.92. The van der Waals surface area contributed by atoms with Crippen LogP contribution in [0.2, 0.25) is 0 Å². The van der Waals surface area contributed by atoms with E-state index >= 15 is 0 Å². The van der Waals surface area contributed by atoms with Crippen LogP contribution in [-0.4, -0.2) is 60.8 Å². The minimum Gasteiger partial charge on any atom is -0.481 e. The number of rotatable bonds is 4. The first-order valence-corrected chi connectivity index (χ1v) is 7.42.